The molecule has 0 radical (unpaired) electrons. The highest BCUT2D eigenvalue weighted by atomic mass is 32.2. The molecular weight excluding hydrogens is 364 g/mol. The van der Waals surface area contributed by atoms with Crippen molar-refractivity contribution < 1.29 is 18.3 Å². The number of carbonyl (C=O) groups is 1. The van der Waals surface area contributed by atoms with Crippen LogP contribution >= 0.6 is 0 Å². The van der Waals surface area contributed by atoms with Crippen molar-refractivity contribution in [1.29, 1.82) is 0 Å². The van der Waals surface area contributed by atoms with E-state index in [9.17, 15) is 18.3 Å². The van der Waals surface area contributed by atoms with Gasteiger partial charge in [-0.05, 0) is 43.2 Å². The number of benzene rings is 2. The third-order valence-corrected chi connectivity index (χ3v) is 6.22. The molecule has 2 aromatic carbocycles. The maximum atomic E-state index is 13.0. The van der Waals surface area contributed by atoms with E-state index in [0.29, 0.717) is 16.6 Å². The number of nitrogens with zero attached hydrogens (tertiary/aromatic N) is 1. The van der Waals surface area contributed by atoms with Crippen molar-refractivity contribution in [3.63, 3.8) is 0 Å². The van der Waals surface area contributed by atoms with E-state index in [1.165, 1.54) is 10.2 Å². The Labute approximate surface area is 158 Å². The van der Waals surface area contributed by atoms with Gasteiger partial charge in [-0.2, -0.15) is 0 Å². The first kappa shape index (κ1) is 19.0. The van der Waals surface area contributed by atoms with Crippen LogP contribution in [0.15, 0.2) is 59.6 Å². The molecule has 3 aromatic rings. The second-order valence-corrected chi connectivity index (χ2v) is 8.69. The summed E-state index contributed by atoms with van der Waals surface area (Å²) < 4.78 is 27.3. The lowest BCUT2D eigenvalue weighted by molar-refractivity contribution is -0.138. The number of hydrogen-bond donors (Lipinski definition) is 2. The normalized spacial score (nSPS) is 13.0. The maximum Gasteiger partial charge on any atom is 0.326 e. The minimum Gasteiger partial charge on any atom is -0.480 e. The van der Waals surface area contributed by atoms with Gasteiger partial charge in [0.05, 0.1) is 10.4 Å². The highest BCUT2D eigenvalue weighted by molar-refractivity contribution is 7.90. The Kier molecular flexibility index (Phi) is 4.97. The van der Waals surface area contributed by atoms with Crippen LogP contribution in [-0.2, 0) is 14.8 Å². The molecule has 27 heavy (non-hydrogen) atoms. The number of aryl methyl sites for hydroxylation is 1. The van der Waals surface area contributed by atoms with Crippen LogP contribution in [0.1, 0.15) is 19.4 Å². The summed E-state index contributed by atoms with van der Waals surface area (Å²) in [7, 11) is -3.74. The quantitative estimate of drug-likeness (QED) is 0.674. The van der Waals surface area contributed by atoms with E-state index in [1.807, 2.05) is 20.8 Å². The van der Waals surface area contributed by atoms with Crippen molar-refractivity contribution in [2.75, 3.05) is 5.32 Å². The molecule has 0 aliphatic heterocycles. The second kappa shape index (κ2) is 7.08. The Morgan fingerprint density at radius 2 is 1.74 bits per heavy atom. The fourth-order valence-electron chi connectivity index (χ4n) is 2.98. The standard InChI is InChI=1S/C20H22N2O4S/c1-13(2)19(20(23)24)21-17-5-4-6-18-16(17)11-12-22(18)27(25,26)15-9-7-14(3)8-10-15/h4-13,19,21H,1-3H3,(H,23,24). The molecule has 1 heterocycles. The van der Waals surface area contributed by atoms with Crippen molar-refractivity contribution in [2.45, 2.75) is 31.7 Å². The zero-order valence-electron chi connectivity index (χ0n) is 15.4. The number of carboxylic acids is 1. The van der Waals surface area contributed by atoms with Crippen molar-refractivity contribution >= 4 is 32.6 Å². The van der Waals surface area contributed by atoms with Gasteiger partial charge in [0, 0.05) is 17.3 Å². The van der Waals surface area contributed by atoms with Crippen LogP contribution in [0.5, 0.6) is 0 Å². The molecule has 0 saturated carbocycles. The summed E-state index contributed by atoms with van der Waals surface area (Å²) in [5, 5.41) is 13.1. The SMILES string of the molecule is Cc1ccc(S(=O)(=O)n2ccc3c(NC(C(=O)O)C(C)C)cccc32)cc1. The van der Waals surface area contributed by atoms with E-state index >= 15 is 0 Å². The van der Waals surface area contributed by atoms with Crippen molar-refractivity contribution in [3.8, 4) is 0 Å². The lowest BCUT2D eigenvalue weighted by Crippen LogP contribution is -2.34. The van der Waals surface area contributed by atoms with Gasteiger partial charge in [0.2, 0.25) is 0 Å². The third kappa shape index (κ3) is 3.55. The molecule has 1 unspecified atom stereocenters. The van der Waals surface area contributed by atoms with Crippen LogP contribution in [0.25, 0.3) is 10.9 Å². The molecule has 0 fully saturated rings. The monoisotopic (exact) mass is 386 g/mol. The summed E-state index contributed by atoms with van der Waals surface area (Å²) in [5.41, 5.74) is 2.06. The molecule has 142 valence electrons. The number of aliphatic carboxylic acids is 1. The maximum absolute atomic E-state index is 13.0. The Balaban J connectivity index is 2.08. The van der Waals surface area contributed by atoms with Crippen molar-refractivity contribution in [3.05, 3.63) is 60.3 Å². The number of nitrogens with one attached hydrogen (secondary N) is 1. The molecule has 1 aromatic heterocycles. The van der Waals surface area contributed by atoms with E-state index < -0.39 is 22.0 Å². The van der Waals surface area contributed by atoms with Crippen LogP contribution in [0, 0.1) is 12.8 Å². The molecule has 0 aliphatic rings. The molecule has 2 N–H and O–H groups in total. The number of carboxylic acid groups (broad SMARTS) is 1. The van der Waals surface area contributed by atoms with Gasteiger partial charge in [-0.25, -0.2) is 17.2 Å². The summed E-state index contributed by atoms with van der Waals surface area (Å²) >= 11 is 0. The highest BCUT2D eigenvalue weighted by Gasteiger charge is 2.23. The van der Waals surface area contributed by atoms with E-state index in [-0.39, 0.29) is 10.8 Å². The minimum atomic E-state index is -3.74. The third-order valence-electron chi connectivity index (χ3n) is 4.52. The van der Waals surface area contributed by atoms with Gasteiger partial charge in [0.1, 0.15) is 6.04 Å². The van der Waals surface area contributed by atoms with Crippen LogP contribution in [-0.4, -0.2) is 29.5 Å². The van der Waals surface area contributed by atoms with E-state index in [4.69, 9.17) is 0 Å². The van der Waals surface area contributed by atoms with Crippen molar-refractivity contribution in [2.24, 2.45) is 5.92 Å². The predicted octanol–water partition coefficient (Wildman–Crippen LogP) is 3.71. The van der Waals surface area contributed by atoms with Gasteiger partial charge < -0.3 is 10.4 Å². The number of hydrogen-bond acceptors (Lipinski definition) is 4. The van der Waals surface area contributed by atoms with Crippen LogP contribution in [0.4, 0.5) is 5.69 Å². The topological polar surface area (TPSA) is 88.4 Å². The molecule has 6 nitrogen and oxygen atoms in total. The molecule has 0 bridgehead atoms. The lowest BCUT2D eigenvalue weighted by Gasteiger charge is -2.20. The molecular formula is C20H22N2O4S. The average Bonchev–Trinajstić information content (AvgIpc) is 3.05. The smallest absolute Gasteiger partial charge is 0.326 e. The van der Waals surface area contributed by atoms with E-state index in [0.717, 1.165) is 5.56 Å². The van der Waals surface area contributed by atoms with E-state index in [1.54, 1.807) is 48.5 Å². The van der Waals surface area contributed by atoms with Gasteiger partial charge >= 0.3 is 5.97 Å². The molecule has 0 saturated heterocycles. The van der Waals surface area contributed by atoms with Crippen LogP contribution in [0.3, 0.4) is 0 Å². The Morgan fingerprint density at radius 1 is 1.07 bits per heavy atom. The summed E-state index contributed by atoms with van der Waals surface area (Å²) in [6, 6.07) is 12.8. The molecule has 3 rings (SSSR count). The minimum absolute atomic E-state index is 0.129. The molecule has 0 aliphatic carbocycles. The van der Waals surface area contributed by atoms with Crippen molar-refractivity contribution in [1.82, 2.24) is 3.97 Å². The largest absolute Gasteiger partial charge is 0.480 e. The number of rotatable bonds is 6. The first-order chi connectivity index (χ1) is 12.7. The summed E-state index contributed by atoms with van der Waals surface area (Å²) in [5.74, 6) is -1.08. The first-order valence-corrected chi connectivity index (χ1v) is 10.1. The van der Waals surface area contributed by atoms with E-state index in [2.05, 4.69) is 5.32 Å². The molecule has 7 heteroatoms. The van der Waals surface area contributed by atoms with Crippen LogP contribution in [0.2, 0.25) is 0 Å². The summed E-state index contributed by atoms with van der Waals surface area (Å²) in [6.07, 6.45) is 1.50. The number of anilines is 1. The van der Waals surface area contributed by atoms with Gasteiger partial charge in [-0.1, -0.05) is 37.6 Å². The van der Waals surface area contributed by atoms with Gasteiger partial charge in [0.25, 0.3) is 10.0 Å². The predicted molar refractivity (Wildman–Crippen MR) is 106 cm³/mol. The Bertz CT molecular complexity index is 1080. The molecule has 0 spiro atoms. The summed E-state index contributed by atoms with van der Waals surface area (Å²) in [6.45, 7) is 5.53. The zero-order chi connectivity index (χ0) is 19.8. The van der Waals surface area contributed by atoms with Gasteiger partial charge in [-0.15, -0.1) is 0 Å². The fraction of sp³-hybridized carbons (Fsp3) is 0.250. The first-order valence-electron chi connectivity index (χ1n) is 8.63. The van der Waals surface area contributed by atoms with Gasteiger partial charge in [-0.3, -0.25) is 0 Å². The highest BCUT2D eigenvalue weighted by Crippen LogP contribution is 2.29. The van der Waals surface area contributed by atoms with Crippen LogP contribution < -0.4 is 5.32 Å². The number of aromatic nitrogens is 1. The fourth-order valence-corrected chi connectivity index (χ4v) is 4.33. The average molecular weight is 386 g/mol. The molecule has 1 atom stereocenters. The zero-order valence-corrected chi connectivity index (χ0v) is 16.2. The Hall–Kier alpha value is -2.80. The summed E-state index contributed by atoms with van der Waals surface area (Å²) in [4.78, 5) is 11.7. The Morgan fingerprint density at radius 3 is 2.33 bits per heavy atom. The second-order valence-electron chi connectivity index (χ2n) is 6.87. The lowest BCUT2D eigenvalue weighted by atomic mass is 10.0. The molecule has 0 amide bonds. The number of fused-ring (bicyclic) bond motifs is 1. The van der Waals surface area contributed by atoms with Gasteiger partial charge in [0.15, 0.2) is 0 Å².